The molecule has 134 valence electrons. The Bertz CT molecular complexity index is 890. The molecular formula is C16H18N8O2. The number of aryl methyl sites for hydroxylation is 1. The Labute approximate surface area is 149 Å². The number of nitrogens with two attached hydrogens (primary N) is 2. The molecule has 0 aliphatic heterocycles. The van der Waals surface area contributed by atoms with Gasteiger partial charge in [-0.15, -0.1) is 10.2 Å². The van der Waals surface area contributed by atoms with Crippen molar-refractivity contribution < 1.29 is 9.59 Å². The molecule has 0 radical (unpaired) electrons. The summed E-state index contributed by atoms with van der Waals surface area (Å²) in [6.45, 7) is 3.57. The van der Waals surface area contributed by atoms with E-state index in [9.17, 15) is 9.59 Å². The molecule has 0 fully saturated rings. The lowest BCUT2D eigenvalue weighted by Crippen LogP contribution is -2.35. The topological polar surface area (TPSA) is 173 Å². The fourth-order valence-corrected chi connectivity index (χ4v) is 2.13. The minimum atomic E-state index is -0.825. The number of nitrogens with one attached hydrogen (secondary N) is 2. The Morgan fingerprint density at radius 3 is 2.62 bits per heavy atom. The number of benzene rings is 1. The fraction of sp³-hybridized carbons (Fsp3) is 0.250. The van der Waals surface area contributed by atoms with Gasteiger partial charge in [-0.05, 0) is 31.0 Å². The second-order valence-electron chi connectivity index (χ2n) is 5.47. The zero-order chi connectivity index (χ0) is 19.3. The average molecular weight is 354 g/mol. The van der Waals surface area contributed by atoms with Crippen LogP contribution in [0.3, 0.4) is 0 Å². The van der Waals surface area contributed by atoms with E-state index in [1.54, 1.807) is 32.0 Å². The minimum absolute atomic E-state index is 0.00997. The van der Waals surface area contributed by atoms with Gasteiger partial charge in [0.1, 0.15) is 6.04 Å². The van der Waals surface area contributed by atoms with E-state index in [4.69, 9.17) is 16.7 Å². The van der Waals surface area contributed by atoms with E-state index in [1.807, 2.05) is 0 Å². The van der Waals surface area contributed by atoms with Crippen LogP contribution in [-0.2, 0) is 4.79 Å². The average Bonchev–Trinajstić information content (AvgIpc) is 2.60. The van der Waals surface area contributed by atoms with E-state index in [1.165, 1.54) is 0 Å². The van der Waals surface area contributed by atoms with Crippen molar-refractivity contribution in [2.75, 3.05) is 10.6 Å². The number of primary amides is 2. The van der Waals surface area contributed by atoms with Crippen molar-refractivity contribution >= 4 is 29.3 Å². The Morgan fingerprint density at radius 2 is 2.04 bits per heavy atom. The van der Waals surface area contributed by atoms with Gasteiger partial charge >= 0.3 is 0 Å². The summed E-state index contributed by atoms with van der Waals surface area (Å²) in [5.41, 5.74) is 12.2. The number of nitriles is 1. The van der Waals surface area contributed by atoms with Crippen LogP contribution in [0.25, 0.3) is 0 Å². The molecule has 26 heavy (non-hydrogen) atoms. The first-order valence-corrected chi connectivity index (χ1v) is 7.73. The van der Waals surface area contributed by atoms with Crippen LogP contribution < -0.4 is 22.1 Å². The zero-order valence-corrected chi connectivity index (χ0v) is 14.3. The molecule has 0 saturated carbocycles. The van der Waals surface area contributed by atoms with Crippen molar-refractivity contribution in [2.24, 2.45) is 11.5 Å². The number of carbonyl (C=O) groups is 2. The van der Waals surface area contributed by atoms with Crippen LogP contribution in [0.5, 0.6) is 0 Å². The van der Waals surface area contributed by atoms with Gasteiger partial charge in [0.15, 0.2) is 11.5 Å². The number of nitrogens with zero attached hydrogens (tertiary/aromatic N) is 4. The Hall–Kier alpha value is -3.74. The molecule has 2 amide bonds. The highest BCUT2D eigenvalue weighted by Crippen LogP contribution is 2.21. The monoisotopic (exact) mass is 354 g/mol. The molecule has 1 heterocycles. The molecule has 0 unspecified atom stereocenters. The number of rotatable bonds is 7. The van der Waals surface area contributed by atoms with E-state index in [2.05, 4.69) is 31.9 Å². The van der Waals surface area contributed by atoms with Crippen LogP contribution in [0.4, 0.5) is 17.5 Å². The molecule has 0 saturated heterocycles. The molecule has 10 nitrogen and oxygen atoms in total. The first kappa shape index (κ1) is 18.6. The largest absolute Gasteiger partial charge is 0.368 e. The molecule has 0 spiro atoms. The quantitative estimate of drug-likeness (QED) is 0.558. The number of carbonyl (C=O) groups excluding carboxylic acids is 2. The number of aromatic nitrogens is 3. The van der Waals surface area contributed by atoms with Gasteiger partial charge in [0, 0.05) is 5.69 Å². The van der Waals surface area contributed by atoms with Gasteiger partial charge in [0.05, 0.1) is 11.6 Å². The summed E-state index contributed by atoms with van der Waals surface area (Å²) in [4.78, 5) is 27.1. The molecule has 2 aromatic rings. The molecule has 1 aromatic heterocycles. The van der Waals surface area contributed by atoms with Gasteiger partial charge in [-0.3, -0.25) is 9.59 Å². The lowest BCUT2D eigenvalue weighted by atomic mass is 10.1. The predicted molar refractivity (Wildman–Crippen MR) is 94.4 cm³/mol. The smallest absolute Gasteiger partial charge is 0.273 e. The van der Waals surface area contributed by atoms with Crippen molar-refractivity contribution in [3.63, 3.8) is 0 Å². The maximum atomic E-state index is 11.6. The van der Waals surface area contributed by atoms with E-state index in [0.717, 1.165) is 5.56 Å². The third-order valence-corrected chi connectivity index (χ3v) is 3.60. The van der Waals surface area contributed by atoms with Gasteiger partial charge in [-0.25, -0.2) is 0 Å². The van der Waals surface area contributed by atoms with Crippen LogP contribution in [0.2, 0.25) is 0 Å². The molecule has 0 aliphatic carbocycles. The minimum Gasteiger partial charge on any atom is -0.368 e. The highest BCUT2D eigenvalue weighted by atomic mass is 16.1. The van der Waals surface area contributed by atoms with Gasteiger partial charge in [0.25, 0.3) is 5.91 Å². The molecule has 1 aromatic carbocycles. The normalized spacial score (nSPS) is 11.3. The van der Waals surface area contributed by atoms with Crippen molar-refractivity contribution in [2.45, 2.75) is 26.3 Å². The molecule has 0 aliphatic rings. The Balaban J connectivity index is 2.39. The zero-order valence-electron chi connectivity index (χ0n) is 14.3. The van der Waals surface area contributed by atoms with Gasteiger partial charge in [0.2, 0.25) is 11.9 Å². The van der Waals surface area contributed by atoms with Gasteiger partial charge in [-0.1, -0.05) is 13.0 Å². The first-order valence-electron chi connectivity index (χ1n) is 7.73. The predicted octanol–water partition coefficient (Wildman–Crippen LogP) is 0.570. The van der Waals surface area contributed by atoms with E-state index in [-0.39, 0.29) is 17.5 Å². The van der Waals surface area contributed by atoms with E-state index >= 15 is 0 Å². The summed E-state index contributed by atoms with van der Waals surface area (Å²) in [5.74, 6) is -1.34. The van der Waals surface area contributed by atoms with Gasteiger partial charge in [-0.2, -0.15) is 10.2 Å². The maximum absolute atomic E-state index is 11.6. The molecular weight excluding hydrogens is 336 g/mol. The summed E-state index contributed by atoms with van der Waals surface area (Å²) in [7, 11) is 0. The highest BCUT2D eigenvalue weighted by Gasteiger charge is 2.18. The van der Waals surface area contributed by atoms with E-state index < -0.39 is 17.9 Å². The molecule has 6 N–H and O–H groups in total. The summed E-state index contributed by atoms with van der Waals surface area (Å²) in [6, 6.07) is 6.46. The van der Waals surface area contributed by atoms with Crippen LogP contribution in [0.1, 0.15) is 35.0 Å². The molecule has 2 rings (SSSR count). The maximum Gasteiger partial charge on any atom is 0.273 e. The van der Waals surface area contributed by atoms with Crippen LogP contribution >= 0.6 is 0 Å². The molecule has 1 atom stereocenters. The summed E-state index contributed by atoms with van der Waals surface area (Å²) < 4.78 is 0. The number of amides is 2. The Kier molecular flexibility index (Phi) is 5.64. The van der Waals surface area contributed by atoms with Crippen molar-refractivity contribution in [1.82, 2.24) is 15.2 Å². The summed E-state index contributed by atoms with van der Waals surface area (Å²) in [6.07, 6.45) is 0.419. The van der Waals surface area contributed by atoms with Crippen molar-refractivity contribution in [1.29, 1.82) is 5.26 Å². The van der Waals surface area contributed by atoms with Crippen LogP contribution in [0, 0.1) is 18.3 Å². The van der Waals surface area contributed by atoms with Crippen molar-refractivity contribution in [3.05, 3.63) is 35.0 Å². The first-order chi connectivity index (χ1) is 12.3. The number of hydrogen-bond donors (Lipinski definition) is 4. The second kappa shape index (κ2) is 7.89. The molecule has 10 heteroatoms. The highest BCUT2D eigenvalue weighted by molar-refractivity contribution is 5.96. The summed E-state index contributed by atoms with van der Waals surface area (Å²) in [5, 5.41) is 22.3. The number of anilines is 3. The lowest BCUT2D eigenvalue weighted by Gasteiger charge is -2.14. The van der Waals surface area contributed by atoms with Crippen molar-refractivity contribution in [3.8, 4) is 6.07 Å². The standard InChI is InChI=1S/C16H18N8O2/c1-3-11(13(18)25)21-16-22-15(12(14(19)26)23-24-16)20-10-5-4-8(2)9(6-10)7-17/h4-6,11H,3H2,1-2H3,(H2,18,25)(H2,19,26)(H2,20,21,22,24)/t11-/m1/s1. The van der Waals surface area contributed by atoms with E-state index in [0.29, 0.717) is 17.7 Å². The summed E-state index contributed by atoms with van der Waals surface area (Å²) >= 11 is 0. The SMILES string of the molecule is CC[C@@H](Nc1nnc(C(N)=O)c(Nc2ccc(C)c(C#N)c2)n1)C(N)=O. The van der Waals surface area contributed by atoms with Gasteiger partial charge < -0.3 is 22.1 Å². The fourth-order valence-electron chi connectivity index (χ4n) is 2.13. The van der Waals surface area contributed by atoms with Crippen LogP contribution in [0.15, 0.2) is 18.2 Å². The van der Waals surface area contributed by atoms with Crippen LogP contribution in [-0.4, -0.2) is 33.0 Å². The third kappa shape index (κ3) is 4.21. The third-order valence-electron chi connectivity index (χ3n) is 3.60. The second-order valence-corrected chi connectivity index (χ2v) is 5.47. The number of hydrogen-bond acceptors (Lipinski definition) is 8. The Morgan fingerprint density at radius 1 is 1.31 bits per heavy atom. The molecule has 0 bridgehead atoms. The lowest BCUT2D eigenvalue weighted by molar-refractivity contribution is -0.118.